The van der Waals surface area contributed by atoms with E-state index >= 15 is 0 Å². The first-order valence-corrected chi connectivity index (χ1v) is 14.5. The molecule has 0 spiro atoms. The van der Waals surface area contributed by atoms with E-state index in [1.807, 2.05) is 24.5 Å². The molecule has 1 N–H and O–H groups in total. The number of halogens is 3. The van der Waals surface area contributed by atoms with Crippen LogP contribution >= 0.6 is 34.8 Å². The summed E-state index contributed by atoms with van der Waals surface area (Å²) in [6.07, 6.45) is 1.49. The molecule has 4 rings (SSSR count). The van der Waals surface area contributed by atoms with Crippen LogP contribution < -0.4 is 14.5 Å². The van der Waals surface area contributed by atoms with Crippen LogP contribution in [0.5, 0.6) is 5.75 Å². The molecule has 0 saturated heterocycles. The third kappa shape index (κ3) is 6.62. The first-order valence-electron chi connectivity index (χ1n) is 11.9. The number of carbonyl (C=O) groups excluding carboxylic acids is 1. The standard InChI is InChI=1S/C28H25Cl3N4O4S/c1-18-11-20(19(2)35(18)25-14-22(30)12-23(31)15-25)16-32-33-28(36)17-34(24-6-4-5-21(29)13-24)40(37,38)27-9-7-26(39-3)8-10-27/h4-16H,17H2,1-3H3,(H,33,36)/b32-16-. The van der Waals surface area contributed by atoms with E-state index in [0.717, 1.165) is 26.9 Å². The predicted octanol–water partition coefficient (Wildman–Crippen LogP) is 6.41. The van der Waals surface area contributed by atoms with Gasteiger partial charge in [0.1, 0.15) is 12.3 Å². The average molecular weight is 620 g/mol. The molecule has 208 valence electrons. The fourth-order valence-corrected chi connectivity index (χ4v) is 6.26. The minimum absolute atomic E-state index is 0.0156. The van der Waals surface area contributed by atoms with Gasteiger partial charge in [0.05, 0.1) is 23.9 Å². The van der Waals surface area contributed by atoms with Crippen molar-refractivity contribution < 1.29 is 17.9 Å². The summed E-state index contributed by atoms with van der Waals surface area (Å²) in [5.74, 6) is -0.151. The van der Waals surface area contributed by atoms with Crippen molar-refractivity contribution in [2.75, 3.05) is 18.0 Å². The Balaban J connectivity index is 1.56. The molecule has 1 aromatic heterocycles. The predicted molar refractivity (Wildman–Crippen MR) is 160 cm³/mol. The van der Waals surface area contributed by atoms with Crippen molar-refractivity contribution in [3.63, 3.8) is 0 Å². The zero-order valence-electron chi connectivity index (χ0n) is 21.7. The fourth-order valence-electron chi connectivity index (χ4n) is 4.14. The molecule has 1 amide bonds. The minimum Gasteiger partial charge on any atom is -0.497 e. The number of sulfonamides is 1. The number of hydrazone groups is 1. The normalized spacial score (nSPS) is 11.6. The Bertz CT molecular complexity index is 1670. The van der Waals surface area contributed by atoms with Gasteiger partial charge in [0.2, 0.25) is 0 Å². The Morgan fingerprint density at radius 1 is 0.975 bits per heavy atom. The highest BCUT2D eigenvalue weighted by atomic mass is 35.5. The monoisotopic (exact) mass is 618 g/mol. The lowest BCUT2D eigenvalue weighted by Gasteiger charge is -2.24. The molecule has 0 saturated carbocycles. The van der Waals surface area contributed by atoms with E-state index in [0.29, 0.717) is 20.8 Å². The summed E-state index contributed by atoms with van der Waals surface area (Å²) in [5, 5.41) is 5.41. The third-order valence-electron chi connectivity index (χ3n) is 6.00. The summed E-state index contributed by atoms with van der Waals surface area (Å²) < 4.78 is 35.1. The maximum absolute atomic E-state index is 13.5. The Hall–Kier alpha value is -3.50. The largest absolute Gasteiger partial charge is 0.497 e. The van der Waals surface area contributed by atoms with Gasteiger partial charge in [-0.2, -0.15) is 5.10 Å². The molecule has 40 heavy (non-hydrogen) atoms. The lowest BCUT2D eigenvalue weighted by atomic mass is 10.2. The quantitative estimate of drug-likeness (QED) is 0.173. The number of hydrogen-bond acceptors (Lipinski definition) is 5. The van der Waals surface area contributed by atoms with Gasteiger partial charge in [0, 0.05) is 37.7 Å². The summed E-state index contributed by atoms with van der Waals surface area (Å²) in [5.41, 5.74) is 5.93. The van der Waals surface area contributed by atoms with Crippen molar-refractivity contribution in [1.82, 2.24) is 9.99 Å². The lowest BCUT2D eigenvalue weighted by molar-refractivity contribution is -0.119. The average Bonchev–Trinajstić information content (AvgIpc) is 3.19. The minimum atomic E-state index is -4.13. The second-order valence-corrected chi connectivity index (χ2v) is 11.9. The highest BCUT2D eigenvalue weighted by Gasteiger charge is 2.27. The number of hydrogen-bond donors (Lipinski definition) is 1. The highest BCUT2D eigenvalue weighted by molar-refractivity contribution is 7.92. The molecule has 0 aliphatic heterocycles. The van der Waals surface area contributed by atoms with Gasteiger partial charge in [-0.25, -0.2) is 13.8 Å². The molecule has 0 bridgehead atoms. The molecule has 0 radical (unpaired) electrons. The second-order valence-electron chi connectivity index (χ2n) is 8.75. The number of carbonyl (C=O) groups is 1. The van der Waals surface area contributed by atoms with Gasteiger partial charge in [0.15, 0.2) is 0 Å². The molecular formula is C28H25Cl3N4O4S. The Morgan fingerprint density at radius 3 is 2.27 bits per heavy atom. The molecule has 0 aliphatic rings. The topological polar surface area (TPSA) is 93.0 Å². The van der Waals surface area contributed by atoms with E-state index in [4.69, 9.17) is 39.5 Å². The fraction of sp³-hybridized carbons (Fsp3) is 0.143. The van der Waals surface area contributed by atoms with Gasteiger partial charge in [-0.15, -0.1) is 0 Å². The number of nitrogens with zero attached hydrogens (tertiary/aromatic N) is 3. The SMILES string of the molecule is COc1ccc(S(=O)(=O)N(CC(=O)N/N=C\c2cc(C)n(-c3cc(Cl)cc(Cl)c3)c2C)c2cccc(Cl)c2)cc1. The van der Waals surface area contributed by atoms with Gasteiger partial charge >= 0.3 is 0 Å². The van der Waals surface area contributed by atoms with Crippen LogP contribution in [-0.2, 0) is 14.8 Å². The van der Waals surface area contributed by atoms with Crippen molar-refractivity contribution in [3.8, 4) is 11.4 Å². The zero-order valence-corrected chi connectivity index (χ0v) is 24.8. The van der Waals surface area contributed by atoms with Gasteiger partial charge in [-0.3, -0.25) is 9.10 Å². The smallest absolute Gasteiger partial charge is 0.264 e. The first-order chi connectivity index (χ1) is 19.0. The van der Waals surface area contributed by atoms with E-state index in [-0.39, 0.29) is 10.6 Å². The molecule has 4 aromatic rings. The molecule has 0 fully saturated rings. The van der Waals surface area contributed by atoms with Crippen molar-refractivity contribution in [1.29, 1.82) is 0 Å². The van der Waals surface area contributed by atoms with Crippen molar-refractivity contribution in [2.24, 2.45) is 5.10 Å². The van der Waals surface area contributed by atoms with Crippen molar-refractivity contribution in [2.45, 2.75) is 18.7 Å². The van der Waals surface area contributed by atoms with Crippen LogP contribution in [0.3, 0.4) is 0 Å². The Morgan fingerprint density at radius 2 is 1.65 bits per heavy atom. The summed E-state index contributed by atoms with van der Waals surface area (Å²) in [6.45, 7) is 3.28. The van der Waals surface area contributed by atoms with Crippen LogP contribution in [0.25, 0.3) is 5.69 Å². The van der Waals surface area contributed by atoms with Crippen LogP contribution in [0, 0.1) is 13.8 Å². The lowest BCUT2D eigenvalue weighted by Crippen LogP contribution is -2.39. The molecule has 0 atom stereocenters. The summed E-state index contributed by atoms with van der Waals surface area (Å²) in [6, 6.07) is 19.3. The molecule has 8 nitrogen and oxygen atoms in total. The highest BCUT2D eigenvalue weighted by Crippen LogP contribution is 2.28. The second kappa shape index (κ2) is 12.3. The maximum Gasteiger partial charge on any atom is 0.264 e. The summed E-state index contributed by atoms with van der Waals surface area (Å²) in [7, 11) is -2.65. The molecule has 1 heterocycles. The van der Waals surface area contributed by atoms with E-state index in [1.54, 1.807) is 36.4 Å². The number of benzene rings is 3. The molecular weight excluding hydrogens is 595 g/mol. The Kier molecular flexibility index (Phi) is 9.10. The van der Waals surface area contributed by atoms with E-state index < -0.39 is 22.5 Å². The summed E-state index contributed by atoms with van der Waals surface area (Å²) >= 11 is 18.5. The van der Waals surface area contributed by atoms with Crippen molar-refractivity contribution >= 4 is 62.6 Å². The van der Waals surface area contributed by atoms with Crippen LogP contribution in [0.2, 0.25) is 15.1 Å². The number of aryl methyl sites for hydroxylation is 1. The van der Waals surface area contributed by atoms with Gasteiger partial charge in [-0.05, 0) is 80.6 Å². The van der Waals surface area contributed by atoms with Gasteiger partial charge < -0.3 is 9.30 Å². The van der Waals surface area contributed by atoms with Gasteiger partial charge in [0.25, 0.3) is 15.9 Å². The number of nitrogens with one attached hydrogen (secondary N) is 1. The molecule has 0 aliphatic carbocycles. The van der Waals surface area contributed by atoms with Crippen LogP contribution in [0.4, 0.5) is 5.69 Å². The molecule has 3 aromatic carbocycles. The van der Waals surface area contributed by atoms with Crippen LogP contribution in [-0.4, -0.2) is 38.8 Å². The first kappa shape index (κ1) is 29.5. The van der Waals surface area contributed by atoms with Crippen molar-refractivity contribution in [3.05, 3.63) is 105 Å². The Labute approximate surface area is 247 Å². The number of rotatable bonds is 9. The van der Waals surface area contributed by atoms with Crippen LogP contribution in [0.1, 0.15) is 17.0 Å². The van der Waals surface area contributed by atoms with E-state index in [9.17, 15) is 13.2 Å². The molecule has 12 heteroatoms. The van der Waals surface area contributed by atoms with E-state index in [2.05, 4.69) is 10.5 Å². The van der Waals surface area contributed by atoms with Crippen LogP contribution in [0.15, 0.2) is 82.8 Å². The van der Waals surface area contributed by atoms with E-state index in [1.165, 1.54) is 43.7 Å². The number of amides is 1. The number of anilines is 1. The third-order valence-corrected chi connectivity index (χ3v) is 8.46. The number of ether oxygens (including phenoxy) is 1. The molecule has 0 unspecified atom stereocenters. The maximum atomic E-state index is 13.5. The number of methoxy groups -OCH3 is 1. The van der Waals surface area contributed by atoms with Gasteiger partial charge in [-0.1, -0.05) is 40.9 Å². The number of aromatic nitrogens is 1. The zero-order chi connectivity index (χ0) is 29.0. The summed E-state index contributed by atoms with van der Waals surface area (Å²) in [4.78, 5) is 12.9.